The highest BCUT2D eigenvalue weighted by Crippen LogP contribution is 2.12. The number of rotatable bonds is 5. The fraction of sp³-hybridized carbons (Fsp3) is 0.364. The lowest BCUT2D eigenvalue weighted by molar-refractivity contribution is 0.397. The summed E-state index contributed by atoms with van der Waals surface area (Å²) in [6.07, 6.45) is 2.65. The van der Waals surface area contributed by atoms with Crippen molar-refractivity contribution in [1.29, 1.82) is 0 Å². The van der Waals surface area contributed by atoms with E-state index in [4.69, 9.17) is 4.74 Å². The van der Waals surface area contributed by atoms with Crippen LogP contribution in [-0.2, 0) is 6.42 Å². The molecule has 5 nitrogen and oxygen atoms in total. The summed E-state index contributed by atoms with van der Waals surface area (Å²) in [7, 11) is 1.62. The first-order chi connectivity index (χ1) is 8.28. The van der Waals surface area contributed by atoms with Crippen LogP contribution in [0.4, 0.5) is 5.13 Å². The standard InChI is InChI=1S/C11H14N4OS/c1-8-14-11(17-15-8)13-6-4-9-3-5-12-10(7-9)16-2/h3,5,7H,4,6H2,1-2H3,(H,13,14,15). The minimum absolute atomic E-state index is 0.647. The van der Waals surface area contributed by atoms with Gasteiger partial charge in [-0.05, 0) is 25.0 Å². The summed E-state index contributed by atoms with van der Waals surface area (Å²) in [5.41, 5.74) is 1.19. The number of aryl methyl sites for hydroxylation is 1. The van der Waals surface area contributed by atoms with Gasteiger partial charge in [-0.3, -0.25) is 0 Å². The van der Waals surface area contributed by atoms with Crippen LogP contribution in [-0.4, -0.2) is 28.0 Å². The molecule has 2 aromatic rings. The minimum atomic E-state index is 0.647. The first-order valence-electron chi connectivity index (χ1n) is 5.31. The van der Waals surface area contributed by atoms with Crippen molar-refractivity contribution in [2.75, 3.05) is 19.0 Å². The van der Waals surface area contributed by atoms with Crippen LogP contribution in [0.5, 0.6) is 5.88 Å². The molecular weight excluding hydrogens is 236 g/mol. The summed E-state index contributed by atoms with van der Waals surface area (Å²) in [4.78, 5) is 8.30. The van der Waals surface area contributed by atoms with Gasteiger partial charge in [0.2, 0.25) is 11.0 Å². The third kappa shape index (κ3) is 3.39. The third-order valence-electron chi connectivity index (χ3n) is 2.23. The molecule has 0 aliphatic rings. The molecule has 17 heavy (non-hydrogen) atoms. The van der Waals surface area contributed by atoms with Gasteiger partial charge in [-0.1, -0.05) is 0 Å². The van der Waals surface area contributed by atoms with Crippen LogP contribution in [0.25, 0.3) is 0 Å². The zero-order valence-electron chi connectivity index (χ0n) is 9.80. The zero-order valence-corrected chi connectivity index (χ0v) is 10.6. The molecule has 0 fully saturated rings. The van der Waals surface area contributed by atoms with Crippen molar-refractivity contribution in [2.45, 2.75) is 13.3 Å². The Bertz CT molecular complexity index is 486. The lowest BCUT2D eigenvalue weighted by atomic mass is 10.2. The van der Waals surface area contributed by atoms with E-state index in [9.17, 15) is 0 Å². The molecule has 0 unspecified atom stereocenters. The molecule has 0 saturated heterocycles. The first-order valence-corrected chi connectivity index (χ1v) is 6.08. The Hall–Kier alpha value is -1.69. The van der Waals surface area contributed by atoms with E-state index in [1.165, 1.54) is 17.1 Å². The molecule has 0 saturated carbocycles. The quantitative estimate of drug-likeness (QED) is 0.878. The van der Waals surface area contributed by atoms with E-state index >= 15 is 0 Å². The van der Waals surface area contributed by atoms with Gasteiger partial charge in [0, 0.05) is 30.3 Å². The Morgan fingerprint density at radius 3 is 3.06 bits per heavy atom. The maximum absolute atomic E-state index is 5.07. The molecule has 1 N–H and O–H groups in total. The molecule has 0 aromatic carbocycles. The lowest BCUT2D eigenvalue weighted by Gasteiger charge is -2.04. The number of pyridine rings is 1. The molecule has 0 bridgehead atoms. The second kappa shape index (κ2) is 5.58. The van der Waals surface area contributed by atoms with E-state index in [1.54, 1.807) is 13.3 Å². The molecule has 0 amide bonds. The van der Waals surface area contributed by atoms with Gasteiger partial charge in [0.15, 0.2) is 0 Å². The Morgan fingerprint density at radius 2 is 2.35 bits per heavy atom. The normalized spacial score (nSPS) is 10.2. The average molecular weight is 250 g/mol. The molecular formula is C11H14N4OS. The first kappa shape index (κ1) is 11.8. The number of ether oxygens (including phenoxy) is 1. The van der Waals surface area contributed by atoms with Gasteiger partial charge in [-0.2, -0.15) is 4.37 Å². The van der Waals surface area contributed by atoms with Crippen LogP contribution < -0.4 is 10.1 Å². The molecule has 0 radical (unpaired) electrons. The van der Waals surface area contributed by atoms with Crippen molar-refractivity contribution in [3.8, 4) is 5.88 Å². The minimum Gasteiger partial charge on any atom is -0.481 e. The number of nitrogens with zero attached hydrogens (tertiary/aromatic N) is 3. The monoisotopic (exact) mass is 250 g/mol. The molecule has 2 rings (SSSR count). The van der Waals surface area contributed by atoms with E-state index in [0.717, 1.165) is 23.9 Å². The third-order valence-corrected chi connectivity index (χ3v) is 2.99. The Balaban J connectivity index is 1.85. The van der Waals surface area contributed by atoms with Crippen LogP contribution >= 0.6 is 11.5 Å². The Morgan fingerprint density at radius 1 is 1.47 bits per heavy atom. The summed E-state index contributed by atoms with van der Waals surface area (Å²) in [6.45, 7) is 2.71. The van der Waals surface area contributed by atoms with Gasteiger partial charge in [0.05, 0.1) is 7.11 Å². The number of methoxy groups -OCH3 is 1. The molecule has 2 heterocycles. The lowest BCUT2D eigenvalue weighted by Crippen LogP contribution is -2.04. The molecule has 90 valence electrons. The Labute approximate surface area is 104 Å². The highest BCUT2D eigenvalue weighted by Gasteiger charge is 2.00. The van der Waals surface area contributed by atoms with E-state index in [1.807, 2.05) is 19.1 Å². The predicted molar refractivity (Wildman–Crippen MR) is 67.6 cm³/mol. The van der Waals surface area contributed by atoms with E-state index < -0.39 is 0 Å². The van der Waals surface area contributed by atoms with Gasteiger partial charge in [-0.25, -0.2) is 9.97 Å². The SMILES string of the molecule is COc1cc(CCNc2nc(C)ns2)ccn1. The van der Waals surface area contributed by atoms with Crippen molar-refractivity contribution in [2.24, 2.45) is 0 Å². The van der Waals surface area contributed by atoms with Gasteiger partial charge < -0.3 is 10.1 Å². The van der Waals surface area contributed by atoms with E-state index in [-0.39, 0.29) is 0 Å². The second-order valence-corrected chi connectivity index (χ2v) is 4.28. The van der Waals surface area contributed by atoms with Crippen molar-refractivity contribution in [3.05, 3.63) is 29.7 Å². The number of nitrogens with one attached hydrogen (secondary N) is 1. The van der Waals surface area contributed by atoms with Crippen LogP contribution in [0, 0.1) is 6.92 Å². The maximum Gasteiger partial charge on any atom is 0.213 e. The van der Waals surface area contributed by atoms with Crippen LogP contribution in [0.2, 0.25) is 0 Å². The molecule has 2 aromatic heterocycles. The van der Waals surface area contributed by atoms with Crippen molar-refractivity contribution >= 4 is 16.7 Å². The largest absolute Gasteiger partial charge is 0.481 e. The topological polar surface area (TPSA) is 59.9 Å². The predicted octanol–water partition coefficient (Wildman–Crippen LogP) is 1.90. The number of aromatic nitrogens is 3. The number of anilines is 1. The van der Waals surface area contributed by atoms with Gasteiger partial charge in [0.1, 0.15) is 5.82 Å². The van der Waals surface area contributed by atoms with Crippen LogP contribution in [0.3, 0.4) is 0 Å². The summed E-state index contributed by atoms with van der Waals surface area (Å²) >= 11 is 1.38. The number of hydrogen-bond donors (Lipinski definition) is 1. The summed E-state index contributed by atoms with van der Waals surface area (Å²) in [5.74, 6) is 1.46. The fourth-order valence-electron chi connectivity index (χ4n) is 1.40. The maximum atomic E-state index is 5.07. The van der Waals surface area contributed by atoms with Crippen molar-refractivity contribution in [1.82, 2.24) is 14.3 Å². The summed E-state index contributed by atoms with van der Waals surface area (Å²) in [6, 6.07) is 3.92. The van der Waals surface area contributed by atoms with Crippen LogP contribution in [0.15, 0.2) is 18.3 Å². The van der Waals surface area contributed by atoms with E-state index in [2.05, 4.69) is 19.7 Å². The highest BCUT2D eigenvalue weighted by molar-refractivity contribution is 7.09. The summed E-state index contributed by atoms with van der Waals surface area (Å²) < 4.78 is 9.18. The smallest absolute Gasteiger partial charge is 0.213 e. The van der Waals surface area contributed by atoms with Gasteiger partial charge in [-0.15, -0.1) is 0 Å². The fourth-order valence-corrected chi connectivity index (χ4v) is 2.00. The zero-order chi connectivity index (χ0) is 12.1. The molecule has 0 spiro atoms. The van der Waals surface area contributed by atoms with Crippen molar-refractivity contribution < 1.29 is 4.74 Å². The highest BCUT2D eigenvalue weighted by atomic mass is 32.1. The second-order valence-electron chi connectivity index (χ2n) is 3.53. The Kier molecular flexibility index (Phi) is 3.87. The van der Waals surface area contributed by atoms with Crippen LogP contribution in [0.1, 0.15) is 11.4 Å². The average Bonchev–Trinajstić information content (AvgIpc) is 2.75. The molecule has 0 aliphatic heterocycles. The molecule has 0 atom stereocenters. The number of hydrogen-bond acceptors (Lipinski definition) is 6. The van der Waals surface area contributed by atoms with E-state index in [0.29, 0.717) is 5.88 Å². The van der Waals surface area contributed by atoms with Crippen molar-refractivity contribution in [3.63, 3.8) is 0 Å². The van der Waals surface area contributed by atoms with Gasteiger partial charge >= 0.3 is 0 Å². The molecule has 0 aliphatic carbocycles. The van der Waals surface area contributed by atoms with Gasteiger partial charge in [0.25, 0.3) is 0 Å². The summed E-state index contributed by atoms with van der Waals surface area (Å²) in [5, 5.41) is 4.10. The molecule has 6 heteroatoms.